The number of nitrogens with one attached hydrogen (secondary N) is 1. The number of rotatable bonds is 1. The highest BCUT2D eigenvalue weighted by atomic mass is 16.7. The van der Waals surface area contributed by atoms with Gasteiger partial charge in [0.05, 0.1) is 18.8 Å². The van der Waals surface area contributed by atoms with Crippen LogP contribution >= 0.6 is 0 Å². The van der Waals surface area contributed by atoms with Gasteiger partial charge in [-0.1, -0.05) is 0 Å². The number of aliphatic hydroxyl groups is 1. The maximum absolute atomic E-state index is 12.3. The van der Waals surface area contributed by atoms with Crippen LogP contribution in [0.15, 0.2) is 0 Å². The molecule has 1 amide bonds. The molecule has 1 atom stereocenters. The molecule has 1 aromatic heterocycles. The summed E-state index contributed by atoms with van der Waals surface area (Å²) in [6, 6.07) is 0. The summed E-state index contributed by atoms with van der Waals surface area (Å²) in [6.07, 6.45) is 0.395. The van der Waals surface area contributed by atoms with Crippen molar-refractivity contribution in [2.24, 2.45) is 0 Å². The van der Waals surface area contributed by atoms with Crippen molar-refractivity contribution in [3.8, 4) is 0 Å². The summed E-state index contributed by atoms with van der Waals surface area (Å²) < 4.78 is 1.67. The fraction of sp³-hybridized carbons (Fsp3) is 0.636. The van der Waals surface area contributed by atoms with E-state index in [1.165, 1.54) is 5.06 Å². The third kappa shape index (κ3) is 1.71. The number of nitrogens with zero attached hydrogens (tertiary/aromatic N) is 3. The molecule has 0 unspecified atom stereocenters. The molecule has 2 aliphatic rings. The number of amides is 1. The van der Waals surface area contributed by atoms with Crippen LogP contribution < -0.4 is 5.32 Å². The van der Waals surface area contributed by atoms with Crippen molar-refractivity contribution in [1.82, 2.24) is 20.2 Å². The molecule has 0 fully saturated rings. The standard InChI is InChI=1S/C11H16N4O3/c1-14-11(17)10-8-4-12-3-2-9(8)13-15(10)5-7(6-16)18-14/h7,12,16H,2-6H2,1H3/t7-/m0/s1. The average molecular weight is 252 g/mol. The Kier molecular flexibility index (Phi) is 2.81. The zero-order valence-corrected chi connectivity index (χ0v) is 10.2. The van der Waals surface area contributed by atoms with Crippen LogP contribution in [0, 0.1) is 0 Å². The van der Waals surface area contributed by atoms with Gasteiger partial charge in [0.2, 0.25) is 0 Å². The highest BCUT2D eigenvalue weighted by molar-refractivity contribution is 5.93. The lowest BCUT2D eigenvalue weighted by molar-refractivity contribution is -0.159. The van der Waals surface area contributed by atoms with E-state index in [2.05, 4.69) is 10.4 Å². The fourth-order valence-corrected chi connectivity index (χ4v) is 2.46. The van der Waals surface area contributed by atoms with Crippen LogP contribution in [0.3, 0.4) is 0 Å². The van der Waals surface area contributed by atoms with Crippen molar-refractivity contribution in [2.75, 3.05) is 20.2 Å². The fourth-order valence-electron chi connectivity index (χ4n) is 2.46. The molecule has 3 rings (SSSR count). The normalized spacial score (nSPS) is 23.6. The highest BCUT2D eigenvalue weighted by Crippen LogP contribution is 2.22. The van der Waals surface area contributed by atoms with E-state index < -0.39 is 6.10 Å². The number of hydrogen-bond donors (Lipinski definition) is 2. The lowest BCUT2D eigenvalue weighted by atomic mass is 10.1. The van der Waals surface area contributed by atoms with Gasteiger partial charge in [-0.15, -0.1) is 0 Å². The molecule has 2 aliphatic heterocycles. The number of hydrogen-bond acceptors (Lipinski definition) is 5. The molecule has 0 bridgehead atoms. The van der Waals surface area contributed by atoms with Gasteiger partial charge in [0.25, 0.3) is 5.91 Å². The van der Waals surface area contributed by atoms with Crippen LogP contribution in [0.1, 0.15) is 21.7 Å². The van der Waals surface area contributed by atoms with Crippen molar-refractivity contribution < 1.29 is 14.7 Å². The van der Waals surface area contributed by atoms with Gasteiger partial charge < -0.3 is 10.4 Å². The molecule has 0 saturated heterocycles. The molecule has 2 N–H and O–H groups in total. The quantitative estimate of drug-likeness (QED) is 0.663. The molecule has 98 valence electrons. The summed E-state index contributed by atoms with van der Waals surface area (Å²) in [7, 11) is 1.57. The van der Waals surface area contributed by atoms with E-state index in [0.29, 0.717) is 18.8 Å². The first-order valence-corrected chi connectivity index (χ1v) is 6.05. The summed E-state index contributed by atoms with van der Waals surface area (Å²) in [6.45, 7) is 1.80. The van der Waals surface area contributed by atoms with Gasteiger partial charge in [0, 0.05) is 32.1 Å². The van der Waals surface area contributed by atoms with Gasteiger partial charge in [0.1, 0.15) is 11.8 Å². The second-order valence-electron chi connectivity index (χ2n) is 4.60. The first kappa shape index (κ1) is 11.6. The van der Waals surface area contributed by atoms with E-state index in [1.807, 2.05) is 0 Å². The summed E-state index contributed by atoms with van der Waals surface area (Å²) in [5, 5.41) is 18.1. The number of hydroxylamine groups is 2. The van der Waals surface area contributed by atoms with Crippen molar-refractivity contribution in [2.45, 2.75) is 25.6 Å². The Balaban J connectivity index is 2.07. The van der Waals surface area contributed by atoms with Crippen molar-refractivity contribution in [3.63, 3.8) is 0 Å². The number of aromatic nitrogens is 2. The molecule has 7 nitrogen and oxygen atoms in total. The molecule has 0 spiro atoms. The second-order valence-corrected chi connectivity index (χ2v) is 4.60. The summed E-state index contributed by atoms with van der Waals surface area (Å²) in [5.41, 5.74) is 2.51. The third-order valence-electron chi connectivity index (χ3n) is 3.35. The average Bonchev–Trinajstić information content (AvgIpc) is 2.69. The first-order chi connectivity index (χ1) is 8.70. The second kappa shape index (κ2) is 4.34. The van der Waals surface area contributed by atoms with Crippen LogP contribution in [0.4, 0.5) is 0 Å². The Bertz CT molecular complexity index is 485. The topological polar surface area (TPSA) is 79.6 Å². The Hall–Kier alpha value is -1.44. The molecule has 0 radical (unpaired) electrons. The lowest BCUT2D eigenvalue weighted by Gasteiger charge is -2.19. The molecule has 0 aliphatic carbocycles. The van der Waals surface area contributed by atoms with Crippen molar-refractivity contribution >= 4 is 5.91 Å². The Morgan fingerprint density at radius 1 is 1.61 bits per heavy atom. The number of carbonyl (C=O) groups is 1. The zero-order valence-electron chi connectivity index (χ0n) is 10.2. The predicted molar refractivity (Wildman–Crippen MR) is 61.7 cm³/mol. The smallest absolute Gasteiger partial charge is 0.295 e. The zero-order chi connectivity index (χ0) is 12.7. The lowest BCUT2D eigenvalue weighted by Crippen LogP contribution is -2.33. The molecule has 0 aromatic carbocycles. The van der Waals surface area contributed by atoms with Crippen LogP contribution in [-0.2, 0) is 24.3 Å². The molecular formula is C11H16N4O3. The van der Waals surface area contributed by atoms with Crippen LogP contribution in [0.25, 0.3) is 0 Å². The highest BCUT2D eigenvalue weighted by Gasteiger charge is 2.32. The molecule has 0 saturated carbocycles. The first-order valence-electron chi connectivity index (χ1n) is 6.05. The maximum Gasteiger partial charge on any atom is 0.295 e. The predicted octanol–water partition coefficient (Wildman–Crippen LogP) is -1.09. The van der Waals surface area contributed by atoms with Gasteiger partial charge >= 0.3 is 0 Å². The molecule has 18 heavy (non-hydrogen) atoms. The van der Waals surface area contributed by atoms with Gasteiger partial charge in [-0.05, 0) is 0 Å². The van der Waals surface area contributed by atoms with E-state index in [4.69, 9.17) is 4.84 Å². The van der Waals surface area contributed by atoms with E-state index >= 15 is 0 Å². The van der Waals surface area contributed by atoms with Crippen LogP contribution in [0.5, 0.6) is 0 Å². The summed E-state index contributed by atoms with van der Waals surface area (Å²) in [5.74, 6) is -0.205. The SMILES string of the molecule is CN1O[C@H](CO)Cn2nc3c(c2C1=O)CNCC3. The van der Waals surface area contributed by atoms with Crippen LogP contribution in [0.2, 0.25) is 0 Å². The van der Waals surface area contributed by atoms with Crippen LogP contribution in [-0.4, -0.2) is 52.2 Å². The van der Waals surface area contributed by atoms with Crippen molar-refractivity contribution in [1.29, 1.82) is 0 Å². The van der Waals surface area contributed by atoms with Gasteiger partial charge in [-0.25, -0.2) is 5.06 Å². The molecule has 1 aromatic rings. The summed E-state index contributed by atoms with van der Waals surface area (Å²) in [4.78, 5) is 17.6. The van der Waals surface area contributed by atoms with Crippen molar-refractivity contribution in [3.05, 3.63) is 17.0 Å². The van der Waals surface area contributed by atoms with Gasteiger partial charge in [-0.3, -0.25) is 14.3 Å². The largest absolute Gasteiger partial charge is 0.393 e. The minimum atomic E-state index is -0.436. The van der Waals surface area contributed by atoms with E-state index in [1.54, 1.807) is 11.7 Å². The Morgan fingerprint density at radius 2 is 2.44 bits per heavy atom. The van der Waals surface area contributed by atoms with Gasteiger partial charge in [-0.2, -0.15) is 5.10 Å². The molecular weight excluding hydrogens is 236 g/mol. The monoisotopic (exact) mass is 252 g/mol. The van der Waals surface area contributed by atoms with Gasteiger partial charge in [0.15, 0.2) is 0 Å². The summed E-state index contributed by atoms with van der Waals surface area (Å²) >= 11 is 0. The maximum atomic E-state index is 12.3. The third-order valence-corrected chi connectivity index (χ3v) is 3.35. The number of carbonyl (C=O) groups excluding carboxylic acids is 1. The van der Waals surface area contributed by atoms with E-state index in [-0.39, 0.29) is 12.5 Å². The number of aliphatic hydroxyl groups excluding tert-OH is 1. The minimum absolute atomic E-state index is 0.139. The van der Waals surface area contributed by atoms with E-state index in [9.17, 15) is 9.90 Å². The molecule has 7 heteroatoms. The molecule has 3 heterocycles. The van der Waals surface area contributed by atoms with E-state index in [0.717, 1.165) is 24.2 Å². The minimum Gasteiger partial charge on any atom is -0.393 e. The Labute approximate surface area is 104 Å². The number of fused-ring (bicyclic) bond motifs is 3. The Morgan fingerprint density at radius 3 is 3.22 bits per heavy atom.